The zero-order valence-corrected chi connectivity index (χ0v) is 14.9. The van der Waals surface area contributed by atoms with Gasteiger partial charge in [0.15, 0.2) is 5.78 Å². The number of rotatable bonds is 8. The first kappa shape index (κ1) is 16.9. The summed E-state index contributed by atoms with van der Waals surface area (Å²) in [5, 5.41) is 2.02. The van der Waals surface area contributed by atoms with E-state index in [9.17, 15) is 4.79 Å². The Bertz CT molecular complexity index is 747. The zero-order chi connectivity index (χ0) is 16.8. The topological polar surface area (TPSA) is 39.4 Å². The van der Waals surface area contributed by atoms with E-state index in [1.54, 1.807) is 25.1 Å². The second-order valence-electron chi connectivity index (χ2n) is 5.26. The fourth-order valence-electron chi connectivity index (χ4n) is 2.38. The van der Waals surface area contributed by atoms with Crippen LogP contribution in [0.5, 0.6) is 5.75 Å². The molecule has 0 N–H and O–H groups in total. The van der Waals surface area contributed by atoms with Gasteiger partial charge in [0.2, 0.25) is 0 Å². The van der Waals surface area contributed by atoms with Gasteiger partial charge in [-0.1, -0.05) is 18.2 Å². The molecule has 0 radical (unpaired) electrons. The van der Waals surface area contributed by atoms with Crippen molar-refractivity contribution < 1.29 is 13.9 Å². The lowest BCUT2D eigenvalue weighted by Crippen LogP contribution is -2.04. The maximum atomic E-state index is 12.5. The number of ether oxygens (including phenoxy) is 1. The summed E-state index contributed by atoms with van der Waals surface area (Å²) in [6.07, 6.45) is 2.15. The molecule has 124 valence electrons. The Hall–Kier alpha value is -1.98. The van der Waals surface area contributed by atoms with Crippen LogP contribution in [0.3, 0.4) is 0 Å². The van der Waals surface area contributed by atoms with Crippen molar-refractivity contribution in [1.82, 2.24) is 0 Å². The number of carbonyl (C=O) groups is 1. The first-order valence-electron chi connectivity index (χ1n) is 7.61. The lowest BCUT2D eigenvalue weighted by molar-refractivity contribution is 0.0986. The summed E-state index contributed by atoms with van der Waals surface area (Å²) in [4.78, 5) is 13.3. The molecule has 0 amide bonds. The first-order valence-corrected chi connectivity index (χ1v) is 9.54. The molecule has 3 nitrogen and oxygen atoms in total. The van der Waals surface area contributed by atoms with E-state index >= 15 is 0 Å². The van der Waals surface area contributed by atoms with Crippen molar-refractivity contribution in [2.24, 2.45) is 0 Å². The van der Waals surface area contributed by atoms with Crippen LogP contribution in [0.1, 0.15) is 32.7 Å². The highest BCUT2D eigenvalue weighted by atomic mass is 32.2. The molecule has 0 aliphatic heterocycles. The van der Waals surface area contributed by atoms with Gasteiger partial charge in [0.05, 0.1) is 24.0 Å². The van der Waals surface area contributed by atoms with Crippen LogP contribution < -0.4 is 4.74 Å². The monoisotopic (exact) mass is 358 g/mol. The van der Waals surface area contributed by atoms with Crippen LogP contribution >= 0.6 is 23.1 Å². The molecule has 3 aromatic rings. The third-order valence-electron chi connectivity index (χ3n) is 3.66. The molecule has 0 saturated heterocycles. The molecule has 1 atom stereocenters. The van der Waals surface area contributed by atoms with Crippen LogP contribution in [0, 0.1) is 0 Å². The van der Waals surface area contributed by atoms with Gasteiger partial charge in [0.25, 0.3) is 0 Å². The van der Waals surface area contributed by atoms with Crippen LogP contribution in [0.15, 0.2) is 64.6 Å². The Balaban J connectivity index is 1.75. The van der Waals surface area contributed by atoms with Crippen molar-refractivity contribution in [3.05, 3.63) is 76.4 Å². The van der Waals surface area contributed by atoms with Crippen molar-refractivity contribution in [1.29, 1.82) is 0 Å². The van der Waals surface area contributed by atoms with E-state index in [2.05, 4.69) is 0 Å². The first-order chi connectivity index (χ1) is 11.8. The maximum Gasteiger partial charge on any atom is 0.174 e. The zero-order valence-electron chi connectivity index (χ0n) is 13.3. The van der Waals surface area contributed by atoms with Crippen molar-refractivity contribution in [3.8, 4) is 5.75 Å². The molecule has 0 aliphatic rings. The third-order valence-corrected chi connectivity index (χ3v) is 5.86. The third kappa shape index (κ3) is 4.30. The second kappa shape index (κ2) is 8.22. The molecule has 2 heterocycles. The van der Waals surface area contributed by atoms with Crippen molar-refractivity contribution >= 4 is 28.9 Å². The average Bonchev–Trinajstić information content (AvgIpc) is 3.32. The van der Waals surface area contributed by atoms with Crippen molar-refractivity contribution in [2.75, 3.05) is 7.11 Å². The molecule has 24 heavy (non-hydrogen) atoms. The van der Waals surface area contributed by atoms with E-state index in [0.717, 1.165) is 27.7 Å². The molecule has 1 unspecified atom stereocenters. The smallest absolute Gasteiger partial charge is 0.174 e. The largest absolute Gasteiger partial charge is 0.497 e. The molecule has 0 bridgehead atoms. The highest BCUT2D eigenvalue weighted by Gasteiger charge is 2.19. The Morgan fingerprint density at radius 3 is 2.67 bits per heavy atom. The van der Waals surface area contributed by atoms with Gasteiger partial charge in [-0.15, -0.1) is 23.1 Å². The number of furan rings is 1. The molecule has 2 aromatic heterocycles. The Morgan fingerprint density at radius 1 is 1.21 bits per heavy atom. The molecular formula is C19H18O3S2. The van der Waals surface area contributed by atoms with E-state index in [4.69, 9.17) is 9.15 Å². The number of thiophene rings is 1. The molecule has 0 spiro atoms. The van der Waals surface area contributed by atoms with Crippen LogP contribution in [-0.2, 0) is 5.75 Å². The summed E-state index contributed by atoms with van der Waals surface area (Å²) in [5.74, 6) is 2.65. The van der Waals surface area contributed by atoms with Gasteiger partial charge in [-0.3, -0.25) is 4.79 Å². The van der Waals surface area contributed by atoms with Gasteiger partial charge < -0.3 is 9.15 Å². The lowest BCUT2D eigenvalue weighted by Gasteiger charge is -2.16. The number of thioether (sulfide) groups is 1. The van der Waals surface area contributed by atoms with Gasteiger partial charge in [-0.25, -0.2) is 0 Å². The predicted octanol–water partition coefficient (Wildman–Crippen LogP) is 5.60. The number of methoxy groups -OCH3 is 1. The van der Waals surface area contributed by atoms with E-state index in [1.807, 2.05) is 53.9 Å². The SMILES string of the molecule is COc1ccc(C(CC(=O)c2cccs2)SCc2ccco2)cc1. The van der Waals surface area contributed by atoms with Crippen LogP contribution in [0.2, 0.25) is 0 Å². The summed E-state index contributed by atoms with van der Waals surface area (Å²) >= 11 is 3.21. The normalized spacial score (nSPS) is 12.0. The fraction of sp³-hybridized carbons (Fsp3) is 0.211. The lowest BCUT2D eigenvalue weighted by atomic mass is 10.1. The van der Waals surface area contributed by atoms with E-state index < -0.39 is 0 Å². The van der Waals surface area contributed by atoms with E-state index in [-0.39, 0.29) is 11.0 Å². The van der Waals surface area contributed by atoms with Crippen molar-refractivity contribution in [2.45, 2.75) is 17.4 Å². The minimum atomic E-state index is 0.0793. The van der Waals surface area contributed by atoms with E-state index in [0.29, 0.717) is 6.42 Å². The summed E-state index contributed by atoms with van der Waals surface area (Å²) in [6.45, 7) is 0. The number of carbonyl (C=O) groups excluding carboxylic acids is 1. The summed E-state index contributed by atoms with van der Waals surface area (Å²) in [6, 6.07) is 15.6. The van der Waals surface area contributed by atoms with Gasteiger partial charge in [0, 0.05) is 11.7 Å². The van der Waals surface area contributed by atoms with Gasteiger partial charge >= 0.3 is 0 Å². The highest BCUT2D eigenvalue weighted by molar-refractivity contribution is 7.98. The minimum absolute atomic E-state index is 0.0793. The second-order valence-corrected chi connectivity index (χ2v) is 7.40. The number of hydrogen-bond donors (Lipinski definition) is 0. The predicted molar refractivity (Wildman–Crippen MR) is 99.0 cm³/mol. The minimum Gasteiger partial charge on any atom is -0.497 e. The van der Waals surface area contributed by atoms with Gasteiger partial charge in [-0.05, 0) is 41.3 Å². The molecule has 0 saturated carbocycles. The van der Waals surface area contributed by atoms with E-state index in [1.165, 1.54) is 11.3 Å². The Kier molecular flexibility index (Phi) is 5.77. The standard InChI is InChI=1S/C19H18O3S2/c1-21-15-8-6-14(7-9-15)19(24-13-16-4-2-10-22-16)12-17(20)18-5-3-11-23-18/h2-11,19H,12-13H2,1H3. The highest BCUT2D eigenvalue weighted by Crippen LogP contribution is 2.36. The van der Waals surface area contributed by atoms with Gasteiger partial charge in [0.1, 0.15) is 11.5 Å². The summed E-state index contributed by atoms with van der Waals surface area (Å²) < 4.78 is 10.6. The Labute approximate surface area is 149 Å². The molecular weight excluding hydrogens is 340 g/mol. The summed E-state index contributed by atoms with van der Waals surface area (Å²) in [5.41, 5.74) is 1.12. The Morgan fingerprint density at radius 2 is 2.04 bits per heavy atom. The number of benzene rings is 1. The van der Waals surface area contributed by atoms with Crippen LogP contribution in [-0.4, -0.2) is 12.9 Å². The van der Waals surface area contributed by atoms with Crippen molar-refractivity contribution in [3.63, 3.8) is 0 Å². The number of hydrogen-bond acceptors (Lipinski definition) is 5. The molecule has 1 aromatic carbocycles. The van der Waals surface area contributed by atoms with Gasteiger partial charge in [-0.2, -0.15) is 0 Å². The quantitative estimate of drug-likeness (QED) is 0.492. The summed E-state index contributed by atoms with van der Waals surface area (Å²) in [7, 11) is 1.65. The fourth-order valence-corrected chi connectivity index (χ4v) is 4.20. The number of ketones is 1. The molecule has 3 rings (SSSR count). The molecule has 0 fully saturated rings. The maximum absolute atomic E-state index is 12.5. The number of Topliss-reactive ketones (excluding diaryl/α,β-unsaturated/α-hetero) is 1. The molecule has 5 heteroatoms. The average molecular weight is 358 g/mol. The molecule has 0 aliphatic carbocycles. The van der Waals surface area contributed by atoms with Crippen LogP contribution in [0.25, 0.3) is 0 Å². The van der Waals surface area contributed by atoms with Crippen LogP contribution in [0.4, 0.5) is 0 Å².